The molecule has 1 fully saturated rings. The largest absolute Gasteiger partial charge is 0.497 e. The van der Waals surface area contributed by atoms with E-state index in [1.165, 1.54) is 36.8 Å². The van der Waals surface area contributed by atoms with Crippen LogP contribution in [0.1, 0.15) is 43.2 Å². The lowest BCUT2D eigenvalue weighted by Gasteiger charge is -2.47. The summed E-state index contributed by atoms with van der Waals surface area (Å²) >= 11 is 0. The molecule has 3 nitrogen and oxygen atoms in total. The number of fused-ring (bicyclic) bond motifs is 2. The summed E-state index contributed by atoms with van der Waals surface area (Å²) in [6, 6.07) is 4.11. The fraction of sp³-hybridized carbons (Fsp3) is 0.611. The first-order chi connectivity index (χ1) is 10.2. The molecule has 0 amide bonds. The molecular formula is C18H24O3. The molecule has 0 N–H and O–H groups in total. The van der Waals surface area contributed by atoms with Crippen molar-refractivity contribution in [3.05, 3.63) is 23.3 Å². The van der Waals surface area contributed by atoms with Crippen molar-refractivity contribution in [2.45, 2.75) is 44.9 Å². The molecule has 0 spiro atoms. The lowest BCUT2D eigenvalue weighted by molar-refractivity contribution is -0.111. The van der Waals surface area contributed by atoms with Crippen molar-refractivity contribution in [2.24, 2.45) is 11.3 Å². The maximum Gasteiger partial charge on any atom is 0.126 e. The summed E-state index contributed by atoms with van der Waals surface area (Å²) in [6.07, 6.45) is 8.80. The van der Waals surface area contributed by atoms with E-state index in [-0.39, 0.29) is 5.41 Å². The van der Waals surface area contributed by atoms with Gasteiger partial charge in [0.25, 0.3) is 0 Å². The number of hydrogen-bond acceptors (Lipinski definition) is 3. The van der Waals surface area contributed by atoms with Crippen LogP contribution in [0.15, 0.2) is 12.1 Å². The Morgan fingerprint density at radius 3 is 2.86 bits per heavy atom. The zero-order chi connectivity index (χ0) is 14.9. The van der Waals surface area contributed by atoms with Gasteiger partial charge in [0.05, 0.1) is 14.2 Å². The average molecular weight is 288 g/mol. The van der Waals surface area contributed by atoms with Gasteiger partial charge in [0.2, 0.25) is 0 Å². The molecule has 0 bridgehead atoms. The fourth-order valence-electron chi connectivity index (χ4n) is 4.43. The number of carbonyl (C=O) groups is 1. The van der Waals surface area contributed by atoms with Crippen LogP contribution in [0, 0.1) is 11.3 Å². The molecule has 3 heteroatoms. The van der Waals surface area contributed by atoms with E-state index < -0.39 is 0 Å². The van der Waals surface area contributed by atoms with E-state index in [1.807, 2.05) is 6.07 Å². The highest BCUT2D eigenvalue weighted by Gasteiger charge is 2.44. The van der Waals surface area contributed by atoms with Crippen molar-refractivity contribution in [2.75, 3.05) is 14.2 Å². The van der Waals surface area contributed by atoms with E-state index >= 15 is 0 Å². The molecular weight excluding hydrogens is 264 g/mol. The number of ether oxygens (including phenoxy) is 2. The quantitative estimate of drug-likeness (QED) is 0.795. The lowest BCUT2D eigenvalue weighted by atomic mass is 9.57. The number of rotatable bonds is 4. The van der Waals surface area contributed by atoms with Crippen LogP contribution in [-0.4, -0.2) is 20.5 Å². The van der Waals surface area contributed by atoms with Gasteiger partial charge in [0.1, 0.15) is 17.8 Å². The third-order valence-corrected chi connectivity index (χ3v) is 5.56. The highest BCUT2D eigenvalue weighted by atomic mass is 16.5. The van der Waals surface area contributed by atoms with Crippen LogP contribution >= 0.6 is 0 Å². The van der Waals surface area contributed by atoms with Crippen LogP contribution in [0.3, 0.4) is 0 Å². The van der Waals surface area contributed by atoms with Crippen molar-refractivity contribution in [1.29, 1.82) is 0 Å². The summed E-state index contributed by atoms with van der Waals surface area (Å²) in [5.74, 6) is 2.40. The Balaban J connectivity index is 2.04. The van der Waals surface area contributed by atoms with Gasteiger partial charge in [-0.15, -0.1) is 0 Å². The lowest BCUT2D eigenvalue weighted by Crippen LogP contribution is -2.41. The highest BCUT2D eigenvalue weighted by Crippen LogP contribution is 2.52. The van der Waals surface area contributed by atoms with Crippen LogP contribution in [0.2, 0.25) is 0 Å². The van der Waals surface area contributed by atoms with Crippen molar-refractivity contribution in [3.63, 3.8) is 0 Å². The molecule has 0 aromatic heterocycles. The Hall–Kier alpha value is -1.51. The first kappa shape index (κ1) is 14.4. The van der Waals surface area contributed by atoms with Gasteiger partial charge >= 0.3 is 0 Å². The molecule has 0 radical (unpaired) electrons. The molecule has 1 aromatic rings. The van der Waals surface area contributed by atoms with E-state index in [1.54, 1.807) is 14.2 Å². The van der Waals surface area contributed by atoms with Gasteiger partial charge in [0, 0.05) is 12.5 Å². The van der Waals surface area contributed by atoms with Crippen molar-refractivity contribution < 1.29 is 14.3 Å². The highest BCUT2D eigenvalue weighted by molar-refractivity contribution is 5.54. The number of hydrogen-bond donors (Lipinski definition) is 0. The van der Waals surface area contributed by atoms with Gasteiger partial charge < -0.3 is 14.3 Å². The number of methoxy groups -OCH3 is 2. The first-order valence-corrected chi connectivity index (χ1v) is 7.90. The predicted octanol–water partition coefficient (Wildman–Crippen LogP) is 3.57. The van der Waals surface area contributed by atoms with E-state index in [9.17, 15) is 4.79 Å². The van der Waals surface area contributed by atoms with Crippen LogP contribution in [0.4, 0.5) is 0 Å². The third-order valence-electron chi connectivity index (χ3n) is 5.56. The van der Waals surface area contributed by atoms with Gasteiger partial charge in [0.15, 0.2) is 0 Å². The topological polar surface area (TPSA) is 35.5 Å². The first-order valence-electron chi connectivity index (χ1n) is 7.90. The van der Waals surface area contributed by atoms with E-state index in [0.29, 0.717) is 12.3 Å². The van der Waals surface area contributed by atoms with Gasteiger partial charge in [-0.2, -0.15) is 0 Å². The predicted molar refractivity (Wildman–Crippen MR) is 82.0 cm³/mol. The summed E-state index contributed by atoms with van der Waals surface area (Å²) in [5, 5.41) is 0. The van der Waals surface area contributed by atoms with Gasteiger partial charge in [-0.25, -0.2) is 0 Å². The number of benzene rings is 1. The summed E-state index contributed by atoms with van der Waals surface area (Å²) in [5.41, 5.74) is 2.81. The molecule has 1 aromatic carbocycles. The standard InChI is InChI=1S/C18H24O3/c1-20-15-9-13-12-18(7-8-19)6-4-3-5-14(18)10-16(13)17(11-15)21-2/h8-9,11,14H,3-7,10,12H2,1-2H3/t14-,18+/m1/s1. The van der Waals surface area contributed by atoms with E-state index in [4.69, 9.17) is 9.47 Å². The molecule has 2 aliphatic rings. The Morgan fingerprint density at radius 1 is 1.29 bits per heavy atom. The maximum atomic E-state index is 11.2. The maximum absolute atomic E-state index is 11.2. The Kier molecular flexibility index (Phi) is 3.92. The van der Waals surface area contributed by atoms with Crippen LogP contribution in [0.5, 0.6) is 11.5 Å². The second-order valence-electron chi connectivity index (χ2n) is 6.52. The second-order valence-corrected chi connectivity index (χ2v) is 6.52. The summed E-state index contributed by atoms with van der Waals surface area (Å²) in [6.45, 7) is 0. The Labute approximate surface area is 126 Å². The average Bonchev–Trinajstić information content (AvgIpc) is 2.51. The monoisotopic (exact) mass is 288 g/mol. The number of carbonyl (C=O) groups excluding carboxylic acids is 1. The third kappa shape index (κ3) is 2.43. The minimum Gasteiger partial charge on any atom is -0.497 e. The second kappa shape index (κ2) is 5.70. The number of aldehydes is 1. The van der Waals surface area contributed by atoms with Gasteiger partial charge in [-0.3, -0.25) is 0 Å². The van der Waals surface area contributed by atoms with Crippen LogP contribution in [0.25, 0.3) is 0 Å². The molecule has 2 atom stereocenters. The molecule has 21 heavy (non-hydrogen) atoms. The molecule has 0 unspecified atom stereocenters. The smallest absolute Gasteiger partial charge is 0.126 e. The van der Waals surface area contributed by atoms with Crippen molar-refractivity contribution in [3.8, 4) is 11.5 Å². The van der Waals surface area contributed by atoms with E-state index in [2.05, 4.69) is 6.07 Å². The summed E-state index contributed by atoms with van der Waals surface area (Å²) in [7, 11) is 3.41. The fourth-order valence-corrected chi connectivity index (χ4v) is 4.43. The van der Waals surface area contributed by atoms with Gasteiger partial charge in [-0.05, 0) is 54.2 Å². The normalized spacial score (nSPS) is 27.4. The molecule has 1 saturated carbocycles. The molecule has 3 rings (SSSR count). The molecule has 114 valence electrons. The van der Waals surface area contributed by atoms with Crippen molar-refractivity contribution in [1.82, 2.24) is 0 Å². The Morgan fingerprint density at radius 2 is 2.14 bits per heavy atom. The van der Waals surface area contributed by atoms with Crippen LogP contribution in [-0.2, 0) is 17.6 Å². The van der Waals surface area contributed by atoms with Crippen molar-refractivity contribution >= 4 is 6.29 Å². The zero-order valence-corrected chi connectivity index (χ0v) is 13.0. The minimum absolute atomic E-state index is 0.171. The Bertz CT molecular complexity index is 538. The molecule has 0 saturated heterocycles. The molecule has 2 aliphatic carbocycles. The molecule has 0 heterocycles. The summed E-state index contributed by atoms with van der Waals surface area (Å²) in [4.78, 5) is 11.2. The van der Waals surface area contributed by atoms with Gasteiger partial charge in [-0.1, -0.05) is 12.8 Å². The van der Waals surface area contributed by atoms with Crippen LogP contribution < -0.4 is 9.47 Å². The molecule has 0 aliphatic heterocycles. The minimum atomic E-state index is 0.171. The SMILES string of the molecule is COc1cc2c(c(OC)c1)C[C@H]1CCCC[C@]1(CC=O)C2. The summed E-state index contributed by atoms with van der Waals surface area (Å²) < 4.78 is 11.0. The zero-order valence-electron chi connectivity index (χ0n) is 13.0. The van der Waals surface area contributed by atoms with E-state index in [0.717, 1.165) is 30.6 Å².